The Kier molecular flexibility index (Phi) is 7.48. The van der Waals surface area contributed by atoms with E-state index in [9.17, 15) is 9.67 Å². The molecule has 0 spiro atoms. The van der Waals surface area contributed by atoms with Crippen LogP contribution in [-0.4, -0.2) is 36.7 Å². The lowest BCUT2D eigenvalue weighted by Crippen LogP contribution is -2.05. The molecule has 2 rings (SSSR count). The molecule has 8 heteroatoms. The first-order chi connectivity index (χ1) is 12.8. The zero-order chi connectivity index (χ0) is 20.0. The number of hydrogen-bond donors (Lipinski definition) is 1. The molecule has 0 radical (unpaired) electrons. The van der Waals surface area contributed by atoms with Gasteiger partial charge < -0.3 is 23.4 Å². The summed E-state index contributed by atoms with van der Waals surface area (Å²) in [5.41, 5.74) is 3.36. The van der Waals surface area contributed by atoms with E-state index in [1.807, 2.05) is 19.9 Å². The van der Waals surface area contributed by atoms with E-state index in [0.717, 1.165) is 22.4 Å². The van der Waals surface area contributed by atoms with Crippen LogP contribution in [0.5, 0.6) is 11.5 Å². The summed E-state index contributed by atoms with van der Waals surface area (Å²) in [6, 6.07) is 3.70. The van der Waals surface area contributed by atoms with Crippen molar-refractivity contribution in [1.29, 1.82) is 0 Å². The fourth-order valence-corrected chi connectivity index (χ4v) is 4.55. The number of nitrogens with zero attached hydrogens (tertiary/aromatic N) is 1. The van der Waals surface area contributed by atoms with E-state index < -0.39 is 7.60 Å². The standard InChI is InChI=1S/C19H28NO6P/c1-6-24-27(22,25-7-2)9-8-17-16(14(4)26-20-17)11-15-10-13(3)19(21)18(12-15)23-5/h10,12,21H,6-9,11H2,1-5H3. The average molecular weight is 397 g/mol. The minimum absolute atomic E-state index is 0.137. The van der Waals surface area contributed by atoms with Crippen molar-refractivity contribution in [1.82, 2.24) is 5.16 Å². The second-order valence-electron chi connectivity index (χ2n) is 6.22. The van der Waals surface area contributed by atoms with Crippen molar-refractivity contribution in [3.05, 3.63) is 40.3 Å². The molecule has 1 N–H and O–H groups in total. The lowest BCUT2D eigenvalue weighted by atomic mass is 10.00. The fraction of sp³-hybridized carbons (Fsp3) is 0.526. The molecular weight excluding hydrogens is 369 g/mol. The van der Waals surface area contributed by atoms with Gasteiger partial charge in [-0.15, -0.1) is 0 Å². The first-order valence-corrected chi connectivity index (χ1v) is 10.7. The summed E-state index contributed by atoms with van der Waals surface area (Å²) < 4.78 is 34.0. The van der Waals surface area contributed by atoms with Gasteiger partial charge in [-0.3, -0.25) is 4.57 Å². The van der Waals surface area contributed by atoms with Gasteiger partial charge in [0.05, 0.1) is 32.2 Å². The Morgan fingerprint density at radius 3 is 2.44 bits per heavy atom. The quantitative estimate of drug-likeness (QED) is 0.594. The second-order valence-corrected chi connectivity index (χ2v) is 8.41. The Bertz CT molecular complexity index is 807. The van der Waals surface area contributed by atoms with Crippen molar-refractivity contribution in [2.24, 2.45) is 0 Å². The normalized spacial score (nSPS) is 11.7. The first kappa shape index (κ1) is 21.5. The van der Waals surface area contributed by atoms with Gasteiger partial charge in [-0.05, 0) is 44.9 Å². The van der Waals surface area contributed by atoms with Crippen molar-refractivity contribution in [3.8, 4) is 11.5 Å². The number of ether oxygens (including phenoxy) is 1. The van der Waals surface area contributed by atoms with Crippen LogP contribution in [0.3, 0.4) is 0 Å². The molecule has 0 bridgehead atoms. The van der Waals surface area contributed by atoms with E-state index in [1.54, 1.807) is 19.9 Å². The molecular formula is C19H28NO6P. The topological polar surface area (TPSA) is 91.0 Å². The van der Waals surface area contributed by atoms with Crippen molar-refractivity contribution < 1.29 is 28.0 Å². The molecule has 0 amide bonds. The molecule has 1 heterocycles. The highest BCUT2D eigenvalue weighted by atomic mass is 31.2. The Morgan fingerprint density at radius 1 is 1.19 bits per heavy atom. The molecule has 0 atom stereocenters. The van der Waals surface area contributed by atoms with E-state index >= 15 is 0 Å². The fourth-order valence-electron chi connectivity index (χ4n) is 2.94. The molecule has 0 aliphatic heterocycles. The number of phenolic OH excluding ortho intramolecular Hbond substituents is 1. The highest BCUT2D eigenvalue weighted by Crippen LogP contribution is 2.48. The van der Waals surface area contributed by atoms with Crippen molar-refractivity contribution >= 4 is 7.60 Å². The van der Waals surface area contributed by atoms with Crippen LogP contribution in [-0.2, 0) is 26.5 Å². The monoisotopic (exact) mass is 397 g/mol. The molecule has 1 aromatic carbocycles. The molecule has 0 saturated heterocycles. The number of aromatic nitrogens is 1. The Labute approximate surface area is 160 Å². The SMILES string of the molecule is CCOP(=O)(CCc1noc(C)c1Cc1cc(C)c(O)c(OC)c1)OCC. The third kappa shape index (κ3) is 5.34. The lowest BCUT2D eigenvalue weighted by Gasteiger charge is -2.16. The van der Waals surface area contributed by atoms with Crippen molar-refractivity contribution in [2.45, 2.75) is 40.5 Å². The highest BCUT2D eigenvalue weighted by Gasteiger charge is 2.25. The van der Waals surface area contributed by atoms with E-state index in [2.05, 4.69) is 5.16 Å². The summed E-state index contributed by atoms with van der Waals surface area (Å²) in [6.45, 7) is 7.91. The molecule has 0 unspecified atom stereocenters. The van der Waals surface area contributed by atoms with Gasteiger partial charge >= 0.3 is 7.60 Å². The summed E-state index contributed by atoms with van der Waals surface area (Å²) in [5, 5.41) is 14.1. The Hall–Kier alpha value is -1.82. The summed E-state index contributed by atoms with van der Waals surface area (Å²) in [6.07, 6.45) is 1.24. The summed E-state index contributed by atoms with van der Waals surface area (Å²) >= 11 is 0. The molecule has 27 heavy (non-hydrogen) atoms. The van der Waals surface area contributed by atoms with Crippen LogP contribution < -0.4 is 4.74 Å². The van der Waals surface area contributed by atoms with Crippen LogP contribution >= 0.6 is 7.60 Å². The van der Waals surface area contributed by atoms with E-state index in [-0.39, 0.29) is 11.9 Å². The van der Waals surface area contributed by atoms with Gasteiger partial charge in [0.1, 0.15) is 5.76 Å². The number of aryl methyl sites for hydroxylation is 3. The van der Waals surface area contributed by atoms with E-state index in [4.69, 9.17) is 18.3 Å². The number of aromatic hydroxyl groups is 1. The molecule has 0 fully saturated rings. The molecule has 1 aromatic heterocycles. The van der Waals surface area contributed by atoms with Crippen molar-refractivity contribution in [2.75, 3.05) is 26.5 Å². The van der Waals surface area contributed by atoms with Crippen LogP contribution in [0.2, 0.25) is 0 Å². The largest absolute Gasteiger partial charge is 0.504 e. The predicted molar refractivity (Wildman–Crippen MR) is 103 cm³/mol. The number of hydrogen-bond acceptors (Lipinski definition) is 7. The van der Waals surface area contributed by atoms with Gasteiger partial charge in [0, 0.05) is 18.4 Å². The third-order valence-electron chi connectivity index (χ3n) is 4.27. The van der Waals surface area contributed by atoms with Crippen LogP contribution in [0.4, 0.5) is 0 Å². The smallest absolute Gasteiger partial charge is 0.331 e. The number of benzene rings is 1. The second kappa shape index (κ2) is 9.40. The number of methoxy groups -OCH3 is 1. The minimum atomic E-state index is -3.14. The lowest BCUT2D eigenvalue weighted by molar-refractivity contribution is 0.220. The van der Waals surface area contributed by atoms with Gasteiger partial charge in [0.15, 0.2) is 11.5 Å². The Balaban J connectivity index is 2.22. The summed E-state index contributed by atoms with van der Waals surface area (Å²) in [4.78, 5) is 0. The molecule has 150 valence electrons. The molecule has 7 nitrogen and oxygen atoms in total. The number of phenols is 1. The minimum Gasteiger partial charge on any atom is -0.504 e. The maximum absolute atomic E-state index is 12.7. The Morgan fingerprint density at radius 2 is 1.85 bits per heavy atom. The van der Waals surface area contributed by atoms with Gasteiger partial charge in [-0.2, -0.15) is 0 Å². The molecule has 0 saturated carbocycles. The van der Waals surface area contributed by atoms with Crippen LogP contribution in [0.15, 0.2) is 16.7 Å². The van der Waals surface area contributed by atoms with Gasteiger partial charge in [0.2, 0.25) is 0 Å². The molecule has 0 aliphatic rings. The van der Waals surface area contributed by atoms with Crippen molar-refractivity contribution in [3.63, 3.8) is 0 Å². The third-order valence-corrected chi connectivity index (χ3v) is 6.34. The van der Waals surface area contributed by atoms with Crippen LogP contribution in [0, 0.1) is 13.8 Å². The predicted octanol–water partition coefficient (Wildman–Crippen LogP) is 4.41. The van der Waals surface area contributed by atoms with Gasteiger partial charge in [-0.1, -0.05) is 11.2 Å². The zero-order valence-corrected chi connectivity index (χ0v) is 17.5. The van der Waals surface area contributed by atoms with Crippen LogP contribution in [0.25, 0.3) is 0 Å². The molecule has 2 aromatic rings. The summed E-state index contributed by atoms with van der Waals surface area (Å²) in [7, 11) is -1.62. The average Bonchev–Trinajstić information content (AvgIpc) is 2.96. The maximum Gasteiger partial charge on any atom is 0.331 e. The van der Waals surface area contributed by atoms with Gasteiger partial charge in [0.25, 0.3) is 0 Å². The maximum atomic E-state index is 12.7. The zero-order valence-electron chi connectivity index (χ0n) is 16.6. The van der Waals surface area contributed by atoms with E-state index in [0.29, 0.717) is 37.6 Å². The highest BCUT2D eigenvalue weighted by molar-refractivity contribution is 7.53. The molecule has 0 aliphatic carbocycles. The summed E-state index contributed by atoms with van der Waals surface area (Å²) in [5.74, 6) is 1.27. The van der Waals surface area contributed by atoms with Gasteiger partial charge in [-0.25, -0.2) is 0 Å². The number of rotatable bonds is 10. The van der Waals surface area contributed by atoms with Crippen LogP contribution in [0.1, 0.15) is 42.0 Å². The first-order valence-electron chi connectivity index (χ1n) is 9.02. The van der Waals surface area contributed by atoms with E-state index in [1.165, 1.54) is 7.11 Å².